The maximum Gasteiger partial charge on any atom is 0.350 e. The minimum absolute atomic E-state index is 0.0329. The van der Waals surface area contributed by atoms with Crippen LogP contribution in [0.5, 0.6) is 5.75 Å². The number of ether oxygens (including phenoxy) is 3. The normalized spacial score (nSPS) is 19.9. The molecule has 2 aliphatic rings. The molecule has 12 nitrogen and oxygen atoms in total. The Morgan fingerprint density at radius 2 is 1.57 bits per heavy atom. The zero-order valence-corrected chi connectivity index (χ0v) is 28.9. The molecule has 51 heavy (non-hydrogen) atoms. The van der Waals surface area contributed by atoms with Crippen LogP contribution in [0.3, 0.4) is 0 Å². The van der Waals surface area contributed by atoms with Gasteiger partial charge in [0.25, 0.3) is 0 Å². The van der Waals surface area contributed by atoms with E-state index in [-0.39, 0.29) is 37.1 Å². The first-order valence-electron chi connectivity index (χ1n) is 17.3. The van der Waals surface area contributed by atoms with E-state index in [0.29, 0.717) is 11.7 Å². The van der Waals surface area contributed by atoms with Crippen molar-refractivity contribution in [3.8, 4) is 11.4 Å². The Hall–Kier alpha value is -5.08. The van der Waals surface area contributed by atoms with Crippen LogP contribution >= 0.6 is 0 Å². The largest absolute Gasteiger partial charge is 0.491 e. The number of benzene rings is 3. The average Bonchev–Trinajstić information content (AvgIpc) is 3.90. The number of anilines is 2. The number of piperazine rings is 1. The van der Waals surface area contributed by atoms with Gasteiger partial charge in [0.1, 0.15) is 55.6 Å². The summed E-state index contributed by atoms with van der Waals surface area (Å²) in [5.41, 5.74) is 2.97. The minimum Gasteiger partial charge on any atom is -0.491 e. The second-order valence-electron chi connectivity index (χ2n) is 13.3. The lowest BCUT2D eigenvalue weighted by molar-refractivity contribution is -0.192. The lowest BCUT2D eigenvalue weighted by Gasteiger charge is -2.37. The fraction of sp³-hybridized carbons (Fsp3) is 0.405. The molecule has 4 heterocycles. The first-order chi connectivity index (χ1) is 24.7. The second kappa shape index (κ2) is 14.6. The Kier molecular flexibility index (Phi) is 9.87. The molecule has 5 aromatic rings. The monoisotopic (exact) mass is 700 g/mol. The summed E-state index contributed by atoms with van der Waals surface area (Å²) < 4.78 is 51.6. The maximum absolute atomic E-state index is 14.9. The van der Waals surface area contributed by atoms with Gasteiger partial charge in [-0.3, -0.25) is 0 Å². The molecular formula is C37H42F2N8O4. The summed E-state index contributed by atoms with van der Waals surface area (Å²) >= 11 is 0. The number of hydrogen-bond acceptors (Lipinski definition) is 9. The summed E-state index contributed by atoms with van der Waals surface area (Å²) in [7, 11) is 0. The van der Waals surface area contributed by atoms with E-state index in [9.17, 15) is 13.6 Å². The van der Waals surface area contributed by atoms with E-state index >= 15 is 0 Å². The van der Waals surface area contributed by atoms with Crippen LogP contribution in [0.25, 0.3) is 5.69 Å². The highest BCUT2D eigenvalue weighted by atomic mass is 19.1. The molecular weight excluding hydrogens is 658 g/mol. The topological polar surface area (TPSA) is 105 Å². The molecule has 0 N–H and O–H groups in total. The quantitative estimate of drug-likeness (QED) is 0.174. The molecule has 3 aromatic carbocycles. The second-order valence-corrected chi connectivity index (χ2v) is 13.3. The summed E-state index contributed by atoms with van der Waals surface area (Å²) in [6, 6.07) is 19.4. The smallest absolute Gasteiger partial charge is 0.350 e. The van der Waals surface area contributed by atoms with Crippen molar-refractivity contribution in [1.82, 2.24) is 29.1 Å². The van der Waals surface area contributed by atoms with Crippen molar-refractivity contribution in [2.24, 2.45) is 5.92 Å². The van der Waals surface area contributed by atoms with Crippen LogP contribution in [0.1, 0.15) is 38.8 Å². The molecule has 0 radical (unpaired) electrons. The number of halogens is 2. The Balaban J connectivity index is 0.923. The summed E-state index contributed by atoms with van der Waals surface area (Å²) in [5, 5.41) is 8.51. The van der Waals surface area contributed by atoms with Crippen LogP contribution < -0.4 is 20.2 Å². The fourth-order valence-electron chi connectivity index (χ4n) is 6.92. The van der Waals surface area contributed by atoms with Gasteiger partial charge in [-0.15, -0.1) is 0 Å². The van der Waals surface area contributed by atoms with Crippen molar-refractivity contribution in [3.63, 3.8) is 0 Å². The van der Waals surface area contributed by atoms with Gasteiger partial charge in [-0.1, -0.05) is 20.8 Å². The zero-order chi connectivity index (χ0) is 35.5. The number of nitrogens with zero attached hydrogens (tertiary/aromatic N) is 8. The van der Waals surface area contributed by atoms with Crippen molar-refractivity contribution in [1.29, 1.82) is 0 Å². The summed E-state index contributed by atoms with van der Waals surface area (Å²) in [6.07, 6.45) is 4.80. The van der Waals surface area contributed by atoms with E-state index < -0.39 is 23.5 Å². The van der Waals surface area contributed by atoms with Gasteiger partial charge in [0, 0.05) is 49.2 Å². The lowest BCUT2D eigenvalue weighted by atomic mass is 10.0. The Morgan fingerprint density at radius 3 is 2.18 bits per heavy atom. The molecule has 2 fully saturated rings. The summed E-state index contributed by atoms with van der Waals surface area (Å²) in [6.45, 7) is 10.1. The minimum atomic E-state index is -1.51. The van der Waals surface area contributed by atoms with Crippen LogP contribution in [0, 0.1) is 17.6 Å². The molecule has 0 bridgehead atoms. The zero-order valence-electron chi connectivity index (χ0n) is 28.9. The third kappa shape index (κ3) is 7.24. The third-order valence-electron chi connectivity index (χ3n) is 9.64. The van der Waals surface area contributed by atoms with Gasteiger partial charge >= 0.3 is 5.69 Å². The van der Waals surface area contributed by atoms with Crippen LogP contribution in [0.15, 0.2) is 90.5 Å². The Morgan fingerprint density at radius 1 is 0.902 bits per heavy atom. The third-order valence-corrected chi connectivity index (χ3v) is 9.64. The van der Waals surface area contributed by atoms with E-state index in [1.165, 1.54) is 29.5 Å². The molecule has 2 aliphatic heterocycles. The van der Waals surface area contributed by atoms with Crippen molar-refractivity contribution in [2.75, 3.05) is 49.2 Å². The van der Waals surface area contributed by atoms with Gasteiger partial charge in [0.2, 0.25) is 5.79 Å². The molecule has 14 heteroatoms. The fourth-order valence-corrected chi connectivity index (χ4v) is 6.92. The van der Waals surface area contributed by atoms with Crippen LogP contribution in [0.4, 0.5) is 20.2 Å². The molecule has 0 aliphatic carbocycles. The Labute approximate surface area is 294 Å². The SMILES string of the molecule is CC[C@@H](C(C)C)n1ncn(-c2ccc(N3CCN(c4ccc(OC[C@H]5COC(Cn6cncn6)(c6ccc(F)cc6F)O5)cc4)CC3)cc2)c1=O. The first kappa shape index (κ1) is 34.4. The number of aromatic nitrogens is 6. The van der Waals surface area contributed by atoms with Gasteiger partial charge in [-0.2, -0.15) is 10.2 Å². The van der Waals surface area contributed by atoms with Crippen molar-refractivity contribution in [2.45, 2.75) is 51.7 Å². The molecule has 2 aromatic heterocycles. The Bertz CT molecular complexity index is 1960. The van der Waals surface area contributed by atoms with Crippen LogP contribution in [-0.2, 0) is 21.8 Å². The standard InChI is InChI=1S/C37H42F2N8O4/c1-4-35(26(2)3)47-36(48)46(25-42-47)30-8-6-28(7-9-30)43-15-17-44(18-16-43)29-10-12-31(13-11-29)49-20-32-21-50-37(51-32,22-45-24-40-23-41-45)33-14-5-27(38)19-34(33)39/h5-14,19,23-26,32,35H,4,15-18,20-22H2,1-3H3/t32-,35-,37?/m0/s1. The molecule has 0 spiro atoms. The molecule has 2 saturated heterocycles. The van der Waals surface area contributed by atoms with Gasteiger partial charge in [-0.05, 0) is 73.0 Å². The van der Waals surface area contributed by atoms with Gasteiger partial charge in [0.15, 0.2) is 0 Å². The van der Waals surface area contributed by atoms with Crippen LogP contribution in [-0.4, -0.2) is 74.6 Å². The van der Waals surface area contributed by atoms with E-state index in [1.54, 1.807) is 15.6 Å². The van der Waals surface area contributed by atoms with Gasteiger partial charge in [-0.25, -0.2) is 32.5 Å². The predicted molar refractivity (Wildman–Crippen MR) is 187 cm³/mol. The summed E-state index contributed by atoms with van der Waals surface area (Å²) in [5.74, 6) is -1.98. The van der Waals surface area contributed by atoms with Crippen LogP contribution in [0.2, 0.25) is 0 Å². The highest BCUT2D eigenvalue weighted by Gasteiger charge is 2.46. The molecule has 0 amide bonds. The van der Waals surface area contributed by atoms with Gasteiger partial charge in [0.05, 0.1) is 18.3 Å². The molecule has 268 valence electrons. The highest BCUT2D eigenvalue weighted by Crippen LogP contribution is 2.38. The van der Waals surface area contributed by atoms with Crippen molar-refractivity contribution >= 4 is 11.4 Å². The predicted octanol–water partition coefficient (Wildman–Crippen LogP) is 5.18. The number of rotatable bonds is 12. The van der Waals surface area contributed by atoms with E-state index in [0.717, 1.165) is 55.7 Å². The average molecular weight is 701 g/mol. The highest BCUT2D eigenvalue weighted by molar-refractivity contribution is 5.54. The summed E-state index contributed by atoms with van der Waals surface area (Å²) in [4.78, 5) is 21.7. The lowest BCUT2D eigenvalue weighted by Crippen LogP contribution is -2.46. The van der Waals surface area contributed by atoms with E-state index in [1.807, 2.05) is 36.4 Å². The maximum atomic E-state index is 14.9. The van der Waals surface area contributed by atoms with Crippen molar-refractivity contribution < 1.29 is 23.0 Å². The molecule has 1 unspecified atom stereocenters. The number of hydrogen-bond donors (Lipinski definition) is 0. The molecule has 0 saturated carbocycles. The molecule has 3 atom stereocenters. The molecule has 7 rings (SSSR count). The van der Waals surface area contributed by atoms with Crippen molar-refractivity contribution in [3.05, 3.63) is 113 Å². The van der Waals surface area contributed by atoms with Gasteiger partial charge < -0.3 is 24.0 Å². The van der Waals surface area contributed by atoms with E-state index in [2.05, 4.69) is 57.9 Å². The van der Waals surface area contributed by atoms with E-state index in [4.69, 9.17) is 14.2 Å². The first-order valence-corrected chi connectivity index (χ1v) is 17.3.